The summed E-state index contributed by atoms with van der Waals surface area (Å²) in [6.45, 7) is 1.67. The SMILES string of the molecule is CN(C)C(=O)N1CC2(C[C@@H](Oc3cccnc3)CS2)C1. The summed E-state index contributed by atoms with van der Waals surface area (Å²) in [6.07, 6.45) is 4.72. The number of nitrogens with zero attached hydrogens (tertiary/aromatic N) is 3. The van der Waals surface area contributed by atoms with E-state index >= 15 is 0 Å². The maximum absolute atomic E-state index is 11.8. The number of likely N-dealkylation sites (tertiary alicyclic amines) is 1. The first-order valence-electron chi connectivity index (χ1n) is 6.75. The quantitative estimate of drug-likeness (QED) is 0.832. The Morgan fingerprint density at radius 3 is 3.00 bits per heavy atom. The van der Waals surface area contributed by atoms with Gasteiger partial charge in [0.1, 0.15) is 11.9 Å². The van der Waals surface area contributed by atoms with Crippen molar-refractivity contribution in [2.24, 2.45) is 0 Å². The minimum absolute atomic E-state index is 0.104. The molecule has 2 saturated heterocycles. The lowest BCUT2D eigenvalue weighted by molar-refractivity contribution is 0.0995. The first kappa shape index (κ1) is 13.5. The van der Waals surface area contributed by atoms with Gasteiger partial charge in [0.05, 0.1) is 10.9 Å². The molecule has 108 valence electrons. The van der Waals surface area contributed by atoms with Gasteiger partial charge in [0, 0.05) is 45.6 Å². The molecule has 2 amide bonds. The maximum Gasteiger partial charge on any atom is 0.319 e. The summed E-state index contributed by atoms with van der Waals surface area (Å²) in [5.41, 5.74) is 0. The molecule has 2 fully saturated rings. The number of carbonyl (C=O) groups is 1. The van der Waals surface area contributed by atoms with Crippen LogP contribution in [0.3, 0.4) is 0 Å². The Morgan fingerprint density at radius 2 is 2.35 bits per heavy atom. The predicted octanol–water partition coefficient (Wildman–Crippen LogP) is 1.70. The standard InChI is InChI=1S/C14H19N3O2S/c1-16(2)13(18)17-9-14(10-17)6-12(8-20-14)19-11-4-3-5-15-7-11/h3-5,7,12H,6,8-10H2,1-2H3/t12-/m1/s1. The van der Waals surface area contributed by atoms with Crippen LogP contribution < -0.4 is 4.74 Å². The van der Waals surface area contributed by atoms with Crippen molar-refractivity contribution >= 4 is 17.8 Å². The van der Waals surface area contributed by atoms with Crippen LogP contribution in [0.25, 0.3) is 0 Å². The van der Waals surface area contributed by atoms with Gasteiger partial charge in [-0.25, -0.2) is 4.79 Å². The van der Waals surface area contributed by atoms with Crippen molar-refractivity contribution in [2.75, 3.05) is 32.9 Å². The van der Waals surface area contributed by atoms with E-state index in [9.17, 15) is 4.79 Å². The Morgan fingerprint density at radius 1 is 1.55 bits per heavy atom. The average Bonchev–Trinajstić information content (AvgIpc) is 2.81. The molecule has 1 atom stereocenters. The molecule has 20 heavy (non-hydrogen) atoms. The van der Waals surface area contributed by atoms with Gasteiger partial charge in [-0.2, -0.15) is 0 Å². The van der Waals surface area contributed by atoms with Crippen molar-refractivity contribution < 1.29 is 9.53 Å². The maximum atomic E-state index is 11.8. The van der Waals surface area contributed by atoms with Crippen LogP contribution in [-0.4, -0.2) is 64.6 Å². The largest absolute Gasteiger partial charge is 0.488 e. The van der Waals surface area contributed by atoms with E-state index < -0.39 is 0 Å². The number of amides is 2. The Kier molecular flexibility index (Phi) is 3.50. The molecule has 2 aliphatic heterocycles. The molecule has 3 heterocycles. The molecule has 0 N–H and O–H groups in total. The lowest BCUT2D eigenvalue weighted by Crippen LogP contribution is -2.62. The lowest BCUT2D eigenvalue weighted by atomic mass is 9.93. The van der Waals surface area contributed by atoms with E-state index in [2.05, 4.69) is 4.98 Å². The van der Waals surface area contributed by atoms with Crippen molar-refractivity contribution in [1.29, 1.82) is 0 Å². The van der Waals surface area contributed by atoms with Crippen LogP contribution in [0.2, 0.25) is 0 Å². The van der Waals surface area contributed by atoms with Gasteiger partial charge in [-0.1, -0.05) is 0 Å². The summed E-state index contributed by atoms with van der Waals surface area (Å²) in [7, 11) is 3.59. The molecule has 0 aromatic carbocycles. The first-order chi connectivity index (χ1) is 9.58. The number of urea groups is 1. The summed E-state index contributed by atoms with van der Waals surface area (Å²) in [4.78, 5) is 19.4. The number of aromatic nitrogens is 1. The van der Waals surface area contributed by atoms with Crippen LogP contribution in [0.15, 0.2) is 24.5 Å². The zero-order valence-electron chi connectivity index (χ0n) is 11.8. The van der Waals surface area contributed by atoms with Gasteiger partial charge in [0.15, 0.2) is 0 Å². The van der Waals surface area contributed by atoms with E-state index in [0.717, 1.165) is 31.0 Å². The number of ether oxygens (including phenoxy) is 1. The molecular weight excluding hydrogens is 274 g/mol. The van der Waals surface area contributed by atoms with Crippen LogP contribution in [0.4, 0.5) is 4.79 Å². The van der Waals surface area contributed by atoms with Gasteiger partial charge in [0.25, 0.3) is 0 Å². The highest BCUT2D eigenvalue weighted by Crippen LogP contribution is 2.46. The minimum Gasteiger partial charge on any atom is -0.488 e. The highest BCUT2D eigenvalue weighted by Gasteiger charge is 2.51. The third kappa shape index (κ3) is 2.57. The zero-order valence-corrected chi connectivity index (χ0v) is 12.6. The number of carbonyl (C=O) groups excluding carboxylic acids is 1. The van der Waals surface area contributed by atoms with Gasteiger partial charge in [0.2, 0.25) is 0 Å². The minimum atomic E-state index is 0.104. The molecule has 0 saturated carbocycles. The summed E-state index contributed by atoms with van der Waals surface area (Å²) in [6, 6.07) is 3.92. The molecule has 6 heteroatoms. The zero-order chi connectivity index (χ0) is 14.2. The van der Waals surface area contributed by atoms with Gasteiger partial charge < -0.3 is 14.5 Å². The molecule has 5 nitrogen and oxygen atoms in total. The van der Waals surface area contributed by atoms with Gasteiger partial charge >= 0.3 is 6.03 Å². The molecule has 1 aromatic rings. The Bertz CT molecular complexity index is 488. The predicted molar refractivity (Wildman–Crippen MR) is 79.1 cm³/mol. The molecule has 0 bridgehead atoms. The number of pyridine rings is 1. The van der Waals surface area contributed by atoms with Gasteiger partial charge in [-0.05, 0) is 12.1 Å². The molecular formula is C14H19N3O2S. The Hall–Kier alpha value is -1.43. The number of hydrogen-bond acceptors (Lipinski definition) is 4. The third-order valence-electron chi connectivity index (χ3n) is 3.72. The molecule has 0 unspecified atom stereocenters. The van der Waals surface area contributed by atoms with Crippen LogP contribution in [0.5, 0.6) is 5.75 Å². The molecule has 0 radical (unpaired) electrons. The molecule has 1 aromatic heterocycles. The van der Waals surface area contributed by atoms with Crippen molar-refractivity contribution in [2.45, 2.75) is 17.3 Å². The fourth-order valence-corrected chi connectivity index (χ4v) is 4.30. The summed E-state index contributed by atoms with van der Waals surface area (Å²) >= 11 is 1.93. The van der Waals surface area contributed by atoms with E-state index in [4.69, 9.17) is 4.74 Å². The molecule has 1 spiro atoms. The van der Waals surface area contributed by atoms with E-state index in [0.29, 0.717) is 0 Å². The van der Waals surface area contributed by atoms with E-state index in [1.54, 1.807) is 31.4 Å². The second-order valence-electron chi connectivity index (χ2n) is 5.66. The highest BCUT2D eigenvalue weighted by atomic mass is 32.2. The van der Waals surface area contributed by atoms with Crippen molar-refractivity contribution in [3.05, 3.63) is 24.5 Å². The second kappa shape index (κ2) is 5.16. The average molecular weight is 293 g/mol. The lowest BCUT2D eigenvalue weighted by Gasteiger charge is -2.48. The second-order valence-corrected chi connectivity index (χ2v) is 7.15. The summed E-state index contributed by atoms with van der Waals surface area (Å²) in [5.74, 6) is 1.81. The topological polar surface area (TPSA) is 45.7 Å². The van der Waals surface area contributed by atoms with Crippen molar-refractivity contribution in [3.63, 3.8) is 0 Å². The monoisotopic (exact) mass is 293 g/mol. The van der Waals surface area contributed by atoms with Crippen LogP contribution in [-0.2, 0) is 0 Å². The van der Waals surface area contributed by atoms with Crippen LogP contribution in [0.1, 0.15) is 6.42 Å². The van der Waals surface area contributed by atoms with Crippen LogP contribution >= 0.6 is 11.8 Å². The molecule has 3 rings (SSSR count). The van der Waals surface area contributed by atoms with Gasteiger partial charge in [-0.3, -0.25) is 4.98 Å². The van der Waals surface area contributed by atoms with Gasteiger partial charge in [-0.15, -0.1) is 11.8 Å². The molecule has 2 aliphatic rings. The first-order valence-corrected chi connectivity index (χ1v) is 7.73. The Labute approximate surface area is 123 Å². The highest BCUT2D eigenvalue weighted by molar-refractivity contribution is 8.01. The normalized spacial score (nSPS) is 23.5. The third-order valence-corrected chi connectivity index (χ3v) is 5.30. The number of thioether (sulfide) groups is 1. The Balaban J connectivity index is 1.53. The van der Waals surface area contributed by atoms with Crippen LogP contribution in [0, 0.1) is 0 Å². The van der Waals surface area contributed by atoms with E-state index in [1.807, 2.05) is 28.8 Å². The number of rotatable bonds is 2. The van der Waals surface area contributed by atoms with Crippen molar-refractivity contribution in [1.82, 2.24) is 14.8 Å². The fraction of sp³-hybridized carbons (Fsp3) is 0.571. The number of hydrogen-bond donors (Lipinski definition) is 0. The van der Waals surface area contributed by atoms with E-state index in [-0.39, 0.29) is 16.9 Å². The smallest absolute Gasteiger partial charge is 0.319 e. The summed E-state index contributed by atoms with van der Waals surface area (Å²) < 4.78 is 6.16. The summed E-state index contributed by atoms with van der Waals surface area (Å²) in [5, 5.41) is 0. The van der Waals surface area contributed by atoms with E-state index in [1.165, 1.54) is 0 Å². The molecule has 0 aliphatic carbocycles. The fourth-order valence-electron chi connectivity index (χ4n) is 2.78. The van der Waals surface area contributed by atoms with Crippen molar-refractivity contribution in [3.8, 4) is 5.75 Å².